The zero-order valence-corrected chi connectivity index (χ0v) is 15.5. The lowest BCUT2D eigenvalue weighted by molar-refractivity contribution is -0.153. The van der Waals surface area contributed by atoms with E-state index >= 15 is 0 Å². The zero-order valence-electron chi connectivity index (χ0n) is 13.9. The van der Waals surface area contributed by atoms with Crippen molar-refractivity contribution in [3.05, 3.63) is 35.4 Å². The van der Waals surface area contributed by atoms with E-state index in [4.69, 9.17) is 4.74 Å². The van der Waals surface area contributed by atoms with E-state index < -0.39 is 6.04 Å². The van der Waals surface area contributed by atoms with Crippen molar-refractivity contribution < 1.29 is 14.3 Å². The summed E-state index contributed by atoms with van der Waals surface area (Å²) in [6, 6.07) is 7.27. The Morgan fingerprint density at radius 2 is 2.12 bits per heavy atom. The van der Waals surface area contributed by atoms with Crippen LogP contribution in [0.4, 0.5) is 5.13 Å². The number of nitrogens with zero attached hydrogens (tertiary/aromatic N) is 3. The minimum absolute atomic E-state index is 0.115. The molecule has 0 fully saturated rings. The molecule has 25 heavy (non-hydrogen) atoms. The number of hydrogen-bond acceptors (Lipinski definition) is 8. The molecule has 3 rings (SSSR count). The van der Waals surface area contributed by atoms with Crippen LogP contribution in [0.2, 0.25) is 0 Å². The quantitative estimate of drug-likeness (QED) is 0.627. The number of anilines is 1. The van der Waals surface area contributed by atoms with Gasteiger partial charge < -0.3 is 15.0 Å². The SMILES string of the molecule is CNc1nnc(SCC(=O)N2Cc3ccccc3C[C@@H]2C(=O)OC)s1. The molecule has 0 saturated carbocycles. The lowest BCUT2D eigenvalue weighted by Gasteiger charge is -2.35. The molecule has 7 nitrogen and oxygen atoms in total. The minimum Gasteiger partial charge on any atom is -0.467 e. The second-order valence-electron chi connectivity index (χ2n) is 5.45. The topological polar surface area (TPSA) is 84.4 Å². The second kappa shape index (κ2) is 7.83. The number of carbonyl (C=O) groups is 2. The van der Waals surface area contributed by atoms with Gasteiger partial charge in [-0.2, -0.15) is 0 Å². The predicted molar refractivity (Wildman–Crippen MR) is 96.7 cm³/mol. The normalized spacial score (nSPS) is 16.2. The Morgan fingerprint density at radius 1 is 1.36 bits per heavy atom. The van der Waals surface area contributed by atoms with Crippen LogP contribution >= 0.6 is 23.1 Å². The predicted octanol–water partition coefficient (Wildman–Crippen LogP) is 1.80. The number of thioether (sulfide) groups is 1. The Labute approximate surface area is 153 Å². The molecule has 1 amide bonds. The molecule has 0 bridgehead atoms. The van der Waals surface area contributed by atoms with E-state index in [-0.39, 0.29) is 17.6 Å². The van der Waals surface area contributed by atoms with Crippen LogP contribution in [0.3, 0.4) is 0 Å². The number of hydrogen-bond donors (Lipinski definition) is 1. The van der Waals surface area contributed by atoms with E-state index in [1.807, 2.05) is 24.3 Å². The highest BCUT2D eigenvalue weighted by Crippen LogP contribution is 2.28. The van der Waals surface area contributed by atoms with Gasteiger partial charge in [0.05, 0.1) is 12.9 Å². The van der Waals surface area contributed by atoms with Gasteiger partial charge in [0.15, 0.2) is 4.34 Å². The Morgan fingerprint density at radius 3 is 2.80 bits per heavy atom. The van der Waals surface area contributed by atoms with Crippen molar-refractivity contribution in [1.82, 2.24) is 15.1 Å². The van der Waals surface area contributed by atoms with E-state index in [2.05, 4.69) is 15.5 Å². The van der Waals surface area contributed by atoms with Crippen LogP contribution in [0.5, 0.6) is 0 Å². The molecule has 0 saturated heterocycles. The number of carbonyl (C=O) groups excluding carboxylic acids is 2. The Kier molecular flexibility index (Phi) is 5.54. The van der Waals surface area contributed by atoms with Crippen LogP contribution in [0, 0.1) is 0 Å². The molecule has 1 aliphatic heterocycles. The molecule has 1 atom stereocenters. The molecule has 1 aliphatic rings. The van der Waals surface area contributed by atoms with Crippen molar-refractivity contribution in [2.24, 2.45) is 0 Å². The van der Waals surface area contributed by atoms with Gasteiger partial charge in [0.25, 0.3) is 0 Å². The number of aromatic nitrogens is 2. The van der Waals surface area contributed by atoms with Crippen LogP contribution < -0.4 is 5.32 Å². The number of methoxy groups -OCH3 is 1. The van der Waals surface area contributed by atoms with Gasteiger partial charge in [-0.1, -0.05) is 47.4 Å². The van der Waals surface area contributed by atoms with Crippen LogP contribution in [0.1, 0.15) is 11.1 Å². The lowest BCUT2D eigenvalue weighted by Crippen LogP contribution is -2.49. The summed E-state index contributed by atoms with van der Waals surface area (Å²) in [7, 11) is 3.12. The van der Waals surface area contributed by atoms with Crippen molar-refractivity contribution in [3.63, 3.8) is 0 Å². The Hall–Kier alpha value is -2.13. The summed E-state index contributed by atoms with van der Waals surface area (Å²) >= 11 is 2.71. The summed E-state index contributed by atoms with van der Waals surface area (Å²) in [6.45, 7) is 0.410. The standard InChI is InChI=1S/C16H18N4O3S2/c1-17-15-18-19-16(25-15)24-9-13(21)20-8-11-6-4-3-5-10(11)7-12(20)14(22)23-2/h3-6,12H,7-9H2,1-2H3,(H,17,18)/t12-/m1/s1. The number of amides is 1. The molecule has 1 aromatic heterocycles. The van der Waals surface area contributed by atoms with Crippen LogP contribution in [0.15, 0.2) is 28.6 Å². The fourth-order valence-electron chi connectivity index (χ4n) is 2.71. The summed E-state index contributed by atoms with van der Waals surface area (Å²) in [5.74, 6) is -0.300. The van der Waals surface area contributed by atoms with Crippen molar-refractivity contribution in [1.29, 1.82) is 0 Å². The lowest BCUT2D eigenvalue weighted by atomic mass is 9.94. The third-order valence-corrected chi connectivity index (χ3v) is 6.04. The van der Waals surface area contributed by atoms with Gasteiger partial charge >= 0.3 is 5.97 Å². The number of ether oxygens (including phenoxy) is 1. The number of esters is 1. The van der Waals surface area contributed by atoms with Crippen LogP contribution in [-0.4, -0.2) is 52.9 Å². The summed E-state index contributed by atoms with van der Waals surface area (Å²) in [5, 5.41) is 11.6. The molecule has 2 heterocycles. The van der Waals surface area contributed by atoms with Crippen LogP contribution in [-0.2, 0) is 27.3 Å². The smallest absolute Gasteiger partial charge is 0.328 e. The first-order chi connectivity index (χ1) is 12.1. The molecule has 0 radical (unpaired) electrons. The highest BCUT2D eigenvalue weighted by atomic mass is 32.2. The molecule has 0 unspecified atom stereocenters. The second-order valence-corrected chi connectivity index (χ2v) is 7.65. The zero-order chi connectivity index (χ0) is 17.8. The number of nitrogens with one attached hydrogen (secondary N) is 1. The Balaban J connectivity index is 1.73. The fraction of sp³-hybridized carbons (Fsp3) is 0.375. The van der Waals surface area contributed by atoms with Crippen molar-refractivity contribution in [2.45, 2.75) is 23.3 Å². The van der Waals surface area contributed by atoms with Gasteiger partial charge in [-0.15, -0.1) is 10.2 Å². The highest BCUT2D eigenvalue weighted by molar-refractivity contribution is 8.01. The molecular formula is C16H18N4O3S2. The highest BCUT2D eigenvalue weighted by Gasteiger charge is 2.35. The third kappa shape index (κ3) is 3.93. The molecule has 1 aromatic carbocycles. The summed E-state index contributed by atoms with van der Waals surface area (Å²) in [5.41, 5.74) is 2.15. The molecule has 0 spiro atoms. The fourth-order valence-corrected chi connectivity index (χ4v) is 4.30. The molecule has 9 heteroatoms. The maximum absolute atomic E-state index is 12.7. The first kappa shape index (κ1) is 17.7. The van der Waals surface area contributed by atoms with E-state index in [1.165, 1.54) is 30.2 Å². The third-order valence-electron chi connectivity index (χ3n) is 3.98. The average Bonchev–Trinajstić information content (AvgIpc) is 3.12. The van der Waals surface area contributed by atoms with Crippen molar-refractivity contribution in [2.75, 3.05) is 25.2 Å². The van der Waals surface area contributed by atoms with Gasteiger partial charge in [0.2, 0.25) is 11.0 Å². The molecular weight excluding hydrogens is 360 g/mol. The van der Waals surface area contributed by atoms with E-state index in [9.17, 15) is 9.59 Å². The minimum atomic E-state index is -0.588. The van der Waals surface area contributed by atoms with E-state index in [0.29, 0.717) is 22.4 Å². The summed E-state index contributed by atoms with van der Waals surface area (Å²) in [6.07, 6.45) is 0.474. The Bertz CT molecular complexity index is 780. The first-order valence-electron chi connectivity index (χ1n) is 7.70. The maximum Gasteiger partial charge on any atom is 0.328 e. The first-order valence-corrected chi connectivity index (χ1v) is 9.50. The number of rotatable bonds is 5. The monoisotopic (exact) mass is 378 g/mol. The van der Waals surface area contributed by atoms with Gasteiger partial charge in [0, 0.05) is 20.0 Å². The van der Waals surface area contributed by atoms with E-state index in [0.717, 1.165) is 11.1 Å². The molecule has 1 N–H and O–H groups in total. The number of benzene rings is 1. The van der Waals surface area contributed by atoms with Gasteiger partial charge in [-0.3, -0.25) is 4.79 Å². The summed E-state index contributed by atoms with van der Waals surface area (Å²) in [4.78, 5) is 26.5. The largest absolute Gasteiger partial charge is 0.467 e. The van der Waals surface area contributed by atoms with Crippen molar-refractivity contribution in [3.8, 4) is 0 Å². The van der Waals surface area contributed by atoms with Crippen molar-refractivity contribution >= 4 is 40.1 Å². The summed E-state index contributed by atoms with van der Waals surface area (Å²) < 4.78 is 5.61. The van der Waals surface area contributed by atoms with Gasteiger partial charge in [-0.05, 0) is 11.1 Å². The maximum atomic E-state index is 12.7. The molecule has 2 aromatic rings. The van der Waals surface area contributed by atoms with Gasteiger partial charge in [0.1, 0.15) is 6.04 Å². The molecule has 132 valence electrons. The molecule has 0 aliphatic carbocycles. The number of fused-ring (bicyclic) bond motifs is 1. The van der Waals surface area contributed by atoms with Gasteiger partial charge in [-0.25, -0.2) is 4.79 Å². The van der Waals surface area contributed by atoms with Crippen LogP contribution in [0.25, 0.3) is 0 Å². The average molecular weight is 378 g/mol. The van der Waals surface area contributed by atoms with E-state index in [1.54, 1.807) is 11.9 Å².